The van der Waals surface area contributed by atoms with Crippen LogP contribution in [-0.4, -0.2) is 26.5 Å². The molecule has 1 aliphatic carbocycles. The van der Waals surface area contributed by atoms with E-state index in [0.717, 1.165) is 36.2 Å². The average molecular weight is 348 g/mol. The number of hydrogen-bond acceptors (Lipinski definition) is 3. The fourth-order valence-electron chi connectivity index (χ4n) is 3.86. The van der Waals surface area contributed by atoms with Crippen molar-refractivity contribution in [3.8, 4) is 0 Å². The molecule has 134 valence electrons. The molecule has 0 aliphatic heterocycles. The fourth-order valence-corrected chi connectivity index (χ4v) is 3.86. The molecule has 0 atom stereocenters. The van der Waals surface area contributed by atoms with Gasteiger partial charge in [-0.3, -0.25) is 4.79 Å². The zero-order chi connectivity index (χ0) is 18.1. The van der Waals surface area contributed by atoms with Crippen molar-refractivity contribution >= 4 is 11.6 Å². The second kappa shape index (κ2) is 6.90. The van der Waals surface area contributed by atoms with Crippen LogP contribution in [0.2, 0.25) is 0 Å². The highest BCUT2D eigenvalue weighted by Gasteiger charge is 2.22. The minimum absolute atomic E-state index is 0.0611. The molecule has 0 saturated heterocycles. The van der Waals surface area contributed by atoms with Crippen LogP contribution in [0.25, 0.3) is 5.65 Å². The number of nitrogens with zero attached hydrogens (tertiary/aromatic N) is 3. The maximum Gasteiger partial charge on any atom is 0.256 e. The number of aromatic nitrogens is 3. The number of carbonyl (C=O) groups is 1. The standard InChI is InChI=1S/C21H24N4O/c1-14-18(12-16-8-4-3-5-9-16)15(2)25-20(23-14)19(13-22-25)21(26)24-17-10-6-7-11-17/h3-5,8-9,13,17H,6-7,10-12H2,1-2H3,(H,24,26). The highest BCUT2D eigenvalue weighted by atomic mass is 16.1. The smallest absolute Gasteiger partial charge is 0.256 e. The fraction of sp³-hybridized carbons (Fsp3) is 0.381. The third-order valence-corrected chi connectivity index (χ3v) is 5.37. The van der Waals surface area contributed by atoms with Crippen LogP contribution >= 0.6 is 0 Å². The van der Waals surface area contributed by atoms with Gasteiger partial charge in [0.25, 0.3) is 5.91 Å². The number of hydrogen-bond donors (Lipinski definition) is 1. The van der Waals surface area contributed by atoms with E-state index in [4.69, 9.17) is 4.98 Å². The Morgan fingerprint density at radius 2 is 1.92 bits per heavy atom. The number of amides is 1. The van der Waals surface area contributed by atoms with Gasteiger partial charge in [-0.25, -0.2) is 9.50 Å². The van der Waals surface area contributed by atoms with Crippen molar-refractivity contribution in [1.82, 2.24) is 19.9 Å². The second-order valence-electron chi connectivity index (χ2n) is 7.17. The van der Waals surface area contributed by atoms with Crippen LogP contribution in [0.5, 0.6) is 0 Å². The Morgan fingerprint density at radius 1 is 1.19 bits per heavy atom. The predicted octanol–water partition coefficient (Wildman–Crippen LogP) is 3.61. The summed E-state index contributed by atoms with van der Waals surface area (Å²) in [7, 11) is 0. The van der Waals surface area contributed by atoms with E-state index >= 15 is 0 Å². The minimum Gasteiger partial charge on any atom is -0.349 e. The van der Waals surface area contributed by atoms with E-state index in [1.165, 1.54) is 18.4 Å². The van der Waals surface area contributed by atoms with E-state index in [2.05, 4.69) is 22.5 Å². The van der Waals surface area contributed by atoms with Gasteiger partial charge in [-0.2, -0.15) is 5.10 Å². The molecule has 1 amide bonds. The molecule has 1 aromatic carbocycles. The predicted molar refractivity (Wildman–Crippen MR) is 101 cm³/mol. The number of benzene rings is 1. The van der Waals surface area contributed by atoms with Crippen molar-refractivity contribution in [3.05, 3.63) is 64.6 Å². The quantitative estimate of drug-likeness (QED) is 0.783. The van der Waals surface area contributed by atoms with Gasteiger partial charge < -0.3 is 5.32 Å². The molecule has 2 aromatic heterocycles. The molecular weight excluding hydrogens is 324 g/mol. The van der Waals surface area contributed by atoms with E-state index in [0.29, 0.717) is 11.2 Å². The van der Waals surface area contributed by atoms with Crippen molar-refractivity contribution in [2.24, 2.45) is 0 Å². The van der Waals surface area contributed by atoms with Crippen molar-refractivity contribution in [2.75, 3.05) is 0 Å². The first-order chi connectivity index (χ1) is 12.6. The van der Waals surface area contributed by atoms with Crippen LogP contribution in [-0.2, 0) is 6.42 Å². The Balaban J connectivity index is 1.67. The molecule has 5 nitrogen and oxygen atoms in total. The summed E-state index contributed by atoms with van der Waals surface area (Å²) in [6.45, 7) is 4.06. The van der Waals surface area contributed by atoms with E-state index in [9.17, 15) is 4.79 Å². The number of carbonyl (C=O) groups excluding carboxylic acids is 1. The van der Waals surface area contributed by atoms with Crippen LogP contribution in [0.4, 0.5) is 0 Å². The monoisotopic (exact) mass is 348 g/mol. The van der Waals surface area contributed by atoms with Gasteiger partial charge in [0.1, 0.15) is 5.56 Å². The zero-order valence-electron chi connectivity index (χ0n) is 15.3. The summed E-state index contributed by atoms with van der Waals surface area (Å²) >= 11 is 0. The highest BCUT2D eigenvalue weighted by molar-refractivity contribution is 5.99. The lowest BCUT2D eigenvalue weighted by atomic mass is 10.0. The first-order valence-corrected chi connectivity index (χ1v) is 9.32. The Hall–Kier alpha value is -2.69. The Bertz CT molecular complexity index is 940. The first-order valence-electron chi connectivity index (χ1n) is 9.32. The van der Waals surface area contributed by atoms with Gasteiger partial charge in [-0.1, -0.05) is 43.2 Å². The largest absolute Gasteiger partial charge is 0.349 e. The van der Waals surface area contributed by atoms with Gasteiger partial charge in [0.15, 0.2) is 5.65 Å². The summed E-state index contributed by atoms with van der Waals surface area (Å²) in [6, 6.07) is 10.6. The summed E-state index contributed by atoms with van der Waals surface area (Å²) in [4.78, 5) is 17.4. The molecule has 1 saturated carbocycles. The third kappa shape index (κ3) is 3.09. The summed E-state index contributed by atoms with van der Waals surface area (Å²) in [5, 5.41) is 7.59. The van der Waals surface area contributed by atoms with E-state index in [1.54, 1.807) is 10.7 Å². The molecule has 0 unspecified atom stereocenters. The topological polar surface area (TPSA) is 59.3 Å². The summed E-state index contributed by atoms with van der Waals surface area (Å²) < 4.78 is 1.80. The van der Waals surface area contributed by atoms with Crippen molar-refractivity contribution < 1.29 is 4.79 Å². The van der Waals surface area contributed by atoms with Gasteiger partial charge in [0, 0.05) is 23.9 Å². The molecule has 0 radical (unpaired) electrons. The molecule has 5 heteroatoms. The van der Waals surface area contributed by atoms with Crippen LogP contribution < -0.4 is 5.32 Å². The normalized spacial score (nSPS) is 14.8. The SMILES string of the molecule is Cc1nc2c(C(=O)NC3CCCC3)cnn2c(C)c1Cc1ccccc1. The molecule has 4 rings (SSSR count). The van der Waals surface area contributed by atoms with E-state index in [1.807, 2.05) is 32.0 Å². The van der Waals surface area contributed by atoms with Gasteiger partial charge in [-0.05, 0) is 37.8 Å². The Kier molecular flexibility index (Phi) is 4.45. The van der Waals surface area contributed by atoms with Crippen LogP contribution in [0, 0.1) is 13.8 Å². The van der Waals surface area contributed by atoms with Gasteiger partial charge >= 0.3 is 0 Å². The maximum atomic E-state index is 12.7. The number of fused-ring (bicyclic) bond motifs is 1. The van der Waals surface area contributed by atoms with E-state index < -0.39 is 0 Å². The molecule has 3 aromatic rings. The van der Waals surface area contributed by atoms with Gasteiger partial charge in [-0.15, -0.1) is 0 Å². The number of aryl methyl sites for hydroxylation is 2. The van der Waals surface area contributed by atoms with Crippen LogP contribution in [0.15, 0.2) is 36.5 Å². The lowest BCUT2D eigenvalue weighted by Gasteiger charge is -2.13. The minimum atomic E-state index is -0.0611. The average Bonchev–Trinajstić information content (AvgIpc) is 3.29. The zero-order valence-corrected chi connectivity index (χ0v) is 15.3. The number of nitrogens with one attached hydrogen (secondary N) is 1. The Morgan fingerprint density at radius 3 is 2.65 bits per heavy atom. The Labute approximate surface area is 153 Å². The van der Waals surface area contributed by atoms with Crippen LogP contribution in [0.1, 0.15) is 58.6 Å². The molecule has 2 heterocycles. The van der Waals surface area contributed by atoms with Crippen molar-refractivity contribution in [2.45, 2.75) is 52.0 Å². The van der Waals surface area contributed by atoms with Crippen LogP contribution in [0.3, 0.4) is 0 Å². The maximum absolute atomic E-state index is 12.7. The molecule has 0 spiro atoms. The summed E-state index contributed by atoms with van der Waals surface area (Å²) in [5.41, 5.74) is 5.60. The molecule has 26 heavy (non-hydrogen) atoms. The molecule has 1 N–H and O–H groups in total. The molecular formula is C21H24N4O. The first kappa shape index (κ1) is 16.8. The molecule has 1 fully saturated rings. The summed E-state index contributed by atoms with van der Waals surface area (Å²) in [6.07, 6.45) is 6.98. The molecule has 0 bridgehead atoms. The van der Waals surface area contributed by atoms with Crippen molar-refractivity contribution in [1.29, 1.82) is 0 Å². The van der Waals surface area contributed by atoms with Gasteiger partial charge in [0.2, 0.25) is 0 Å². The third-order valence-electron chi connectivity index (χ3n) is 5.37. The highest BCUT2D eigenvalue weighted by Crippen LogP contribution is 2.22. The second-order valence-corrected chi connectivity index (χ2v) is 7.17. The van der Waals surface area contributed by atoms with Crippen molar-refractivity contribution in [3.63, 3.8) is 0 Å². The number of rotatable bonds is 4. The van der Waals surface area contributed by atoms with Gasteiger partial charge in [0.05, 0.1) is 6.20 Å². The summed E-state index contributed by atoms with van der Waals surface area (Å²) in [5.74, 6) is -0.0611. The van der Waals surface area contributed by atoms with E-state index in [-0.39, 0.29) is 11.9 Å². The lowest BCUT2D eigenvalue weighted by molar-refractivity contribution is 0.0939. The lowest BCUT2D eigenvalue weighted by Crippen LogP contribution is -2.32. The molecule has 1 aliphatic rings.